The number of piperidine rings is 1. The Morgan fingerprint density at radius 2 is 1.74 bits per heavy atom. The summed E-state index contributed by atoms with van der Waals surface area (Å²) in [5.74, 6) is -1.27. The minimum absolute atomic E-state index is 0.0571. The number of ether oxygens (including phenoxy) is 1. The molecule has 3 aliphatic heterocycles. The molecule has 3 aromatic rings. The third kappa shape index (κ3) is 3.35. The normalized spacial score (nSPS) is 19.4. The first-order valence-corrected chi connectivity index (χ1v) is 13.0. The fourth-order valence-electron chi connectivity index (χ4n) is 6.08. The van der Waals surface area contributed by atoms with E-state index in [-0.39, 0.29) is 29.0 Å². The molecule has 1 aromatic heterocycles. The third-order valence-corrected chi connectivity index (χ3v) is 8.18. The molecule has 10 heteroatoms. The Morgan fingerprint density at radius 3 is 2.42 bits per heavy atom. The van der Waals surface area contributed by atoms with Crippen LogP contribution in [0.2, 0.25) is 0 Å². The summed E-state index contributed by atoms with van der Waals surface area (Å²) in [6.07, 6.45) is 4.51. The molecule has 0 bridgehead atoms. The number of benzene rings is 2. The Balaban J connectivity index is 1.32. The molecule has 1 saturated heterocycles. The van der Waals surface area contributed by atoms with Gasteiger partial charge in [0.15, 0.2) is 17.3 Å². The highest BCUT2D eigenvalue weighted by molar-refractivity contribution is 6.11. The number of halogens is 1. The SMILES string of the molecule is NC(=O)c1nn(-c2cc(F)c3c(c2)CCO3)c2c1C1(CC1)CN(c1ccc(N3CCCCC3=O)cc1)C2=O. The van der Waals surface area contributed by atoms with Crippen LogP contribution in [0, 0.1) is 5.82 Å². The maximum atomic E-state index is 14.9. The molecule has 194 valence electrons. The molecular formula is C28H26FN5O4. The lowest BCUT2D eigenvalue weighted by molar-refractivity contribution is -0.119. The predicted octanol–water partition coefficient (Wildman–Crippen LogP) is 3.25. The molecule has 1 saturated carbocycles. The van der Waals surface area contributed by atoms with Gasteiger partial charge in [0.2, 0.25) is 5.91 Å². The lowest BCUT2D eigenvalue weighted by atomic mass is 9.88. The molecule has 0 radical (unpaired) electrons. The number of carbonyl (C=O) groups excluding carboxylic acids is 3. The van der Waals surface area contributed by atoms with Crippen LogP contribution in [-0.2, 0) is 16.6 Å². The maximum Gasteiger partial charge on any atom is 0.277 e. The van der Waals surface area contributed by atoms with Gasteiger partial charge >= 0.3 is 0 Å². The zero-order valence-electron chi connectivity index (χ0n) is 20.7. The molecule has 4 heterocycles. The Kier molecular flexibility index (Phi) is 4.92. The van der Waals surface area contributed by atoms with Crippen LogP contribution in [0.5, 0.6) is 5.75 Å². The molecule has 7 rings (SSSR count). The van der Waals surface area contributed by atoms with Crippen molar-refractivity contribution in [3.63, 3.8) is 0 Å². The molecule has 2 fully saturated rings. The fourth-order valence-corrected chi connectivity index (χ4v) is 6.08. The monoisotopic (exact) mass is 515 g/mol. The van der Waals surface area contributed by atoms with Crippen LogP contribution < -0.4 is 20.3 Å². The number of hydrogen-bond acceptors (Lipinski definition) is 5. The van der Waals surface area contributed by atoms with Gasteiger partial charge in [-0.2, -0.15) is 5.10 Å². The van der Waals surface area contributed by atoms with Gasteiger partial charge in [-0.05, 0) is 56.0 Å². The number of amides is 3. The molecule has 3 amide bonds. The van der Waals surface area contributed by atoms with Crippen molar-refractivity contribution in [3.8, 4) is 11.4 Å². The topological polar surface area (TPSA) is 111 Å². The second kappa shape index (κ2) is 8.14. The lowest BCUT2D eigenvalue weighted by Crippen LogP contribution is -2.45. The maximum absolute atomic E-state index is 14.9. The number of hydrogen-bond donors (Lipinski definition) is 1. The standard InChI is InChI=1S/C28H26FN5O4/c29-20-14-19(13-16-8-12-38-25(16)20)34-24-22(23(31-34)26(30)36)28(9-10-28)15-33(27(24)37)18-6-4-17(5-7-18)32-11-2-1-3-21(32)35/h4-7,13-14H,1-3,8-12,15H2,(H2,30,36). The minimum Gasteiger partial charge on any atom is -0.490 e. The van der Waals surface area contributed by atoms with E-state index in [1.165, 1.54) is 10.7 Å². The van der Waals surface area contributed by atoms with E-state index in [0.717, 1.165) is 31.4 Å². The van der Waals surface area contributed by atoms with Gasteiger partial charge in [0.05, 0.1) is 12.3 Å². The van der Waals surface area contributed by atoms with Gasteiger partial charge in [0, 0.05) is 59.9 Å². The zero-order valence-corrected chi connectivity index (χ0v) is 20.7. The summed E-state index contributed by atoms with van der Waals surface area (Å²) in [6.45, 7) is 1.46. The number of primary amides is 1. The van der Waals surface area contributed by atoms with Crippen LogP contribution in [0.1, 0.15) is 64.2 Å². The quantitative estimate of drug-likeness (QED) is 0.574. The summed E-state index contributed by atoms with van der Waals surface area (Å²) < 4.78 is 21.6. The van der Waals surface area contributed by atoms with Crippen LogP contribution in [0.25, 0.3) is 5.69 Å². The second-order valence-electron chi connectivity index (χ2n) is 10.6. The molecule has 1 aliphatic carbocycles. The van der Waals surface area contributed by atoms with Crippen LogP contribution in [0.4, 0.5) is 15.8 Å². The molecule has 9 nitrogen and oxygen atoms in total. The summed E-state index contributed by atoms with van der Waals surface area (Å²) in [5, 5.41) is 4.47. The average Bonchev–Trinajstić information content (AvgIpc) is 3.31. The number of fused-ring (bicyclic) bond motifs is 3. The number of aromatic nitrogens is 2. The second-order valence-corrected chi connectivity index (χ2v) is 10.6. The first-order chi connectivity index (χ1) is 18.4. The van der Waals surface area contributed by atoms with E-state index < -0.39 is 17.1 Å². The minimum atomic E-state index is -0.715. The summed E-state index contributed by atoms with van der Waals surface area (Å²) in [6, 6.07) is 10.4. The van der Waals surface area contributed by atoms with Crippen LogP contribution in [-0.4, -0.2) is 47.2 Å². The first kappa shape index (κ1) is 22.9. The molecule has 2 aromatic carbocycles. The van der Waals surface area contributed by atoms with E-state index in [2.05, 4.69) is 5.10 Å². The summed E-state index contributed by atoms with van der Waals surface area (Å²) in [4.78, 5) is 42.3. The van der Waals surface area contributed by atoms with Gasteiger partial charge in [-0.1, -0.05) is 0 Å². The van der Waals surface area contributed by atoms with Crippen molar-refractivity contribution < 1.29 is 23.5 Å². The number of nitrogens with zero attached hydrogens (tertiary/aromatic N) is 4. The van der Waals surface area contributed by atoms with Crippen molar-refractivity contribution in [2.45, 2.75) is 43.9 Å². The van der Waals surface area contributed by atoms with Crippen molar-refractivity contribution in [2.75, 3.05) is 29.5 Å². The van der Waals surface area contributed by atoms with Crippen molar-refractivity contribution >= 4 is 29.1 Å². The number of carbonyl (C=O) groups is 3. The lowest BCUT2D eigenvalue weighted by Gasteiger charge is -2.34. The third-order valence-electron chi connectivity index (χ3n) is 8.18. The van der Waals surface area contributed by atoms with Gasteiger partial charge in [-0.15, -0.1) is 0 Å². The van der Waals surface area contributed by atoms with Gasteiger partial charge in [0.1, 0.15) is 5.69 Å². The molecule has 1 spiro atoms. The van der Waals surface area contributed by atoms with Crippen LogP contribution in [0.15, 0.2) is 36.4 Å². The largest absolute Gasteiger partial charge is 0.490 e. The molecule has 0 atom stereocenters. The van der Waals surface area contributed by atoms with E-state index in [9.17, 15) is 18.8 Å². The van der Waals surface area contributed by atoms with Gasteiger partial charge in [-0.25, -0.2) is 9.07 Å². The van der Waals surface area contributed by atoms with Crippen LogP contribution in [0.3, 0.4) is 0 Å². The van der Waals surface area contributed by atoms with E-state index in [1.807, 2.05) is 24.3 Å². The van der Waals surface area contributed by atoms with Crippen molar-refractivity contribution in [1.82, 2.24) is 9.78 Å². The highest BCUT2D eigenvalue weighted by atomic mass is 19.1. The Labute approximate surface area is 217 Å². The van der Waals surface area contributed by atoms with Crippen molar-refractivity contribution in [1.29, 1.82) is 0 Å². The van der Waals surface area contributed by atoms with Gasteiger partial charge < -0.3 is 20.3 Å². The Hall–Kier alpha value is -4.21. The Morgan fingerprint density at radius 1 is 1.00 bits per heavy atom. The van der Waals surface area contributed by atoms with E-state index in [1.54, 1.807) is 15.9 Å². The zero-order chi connectivity index (χ0) is 26.2. The smallest absolute Gasteiger partial charge is 0.277 e. The van der Waals surface area contributed by atoms with E-state index in [0.29, 0.717) is 55.0 Å². The first-order valence-electron chi connectivity index (χ1n) is 13.0. The number of anilines is 2. The molecule has 0 unspecified atom stereocenters. The fraction of sp³-hybridized carbons (Fsp3) is 0.357. The highest BCUT2D eigenvalue weighted by Gasteiger charge is 2.56. The molecule has 4 aliphatic rings. The molecule has 38 heavy (non-hydrogen) atoms. The summed E-state index contributed by atoms with van der Waals surface area (Å²) in [5.41, 5.74) is 8.65. The van der Waals surface area contributed by atoms with Crippen molar-refractivity contribution in [2.24, 2.45) is 5.73 Å². The Bertz CT molecular complexity index is 1520. The molecule has 2 N–H and O–H groups in total. The van der Waals surface area contributed by atoms with E-state index in [4.69, 9.17) is 10.5 Å². The number of nitrogens with two attached hydrogens (primary N) is 1. The molecular weight excluding hydrogens is 489 g/mol. The van der Waals surface area contributed by atoms with Crippen molar-refractivity contribution in [3.05, 3.63) is 64.7 Å². The predicted molar refractivity (Wildman–Crippen MR) is 136 cm³/mol. The van der Waals surface area contributed by atoms with E-state index >= 15 is 0 Å². The number of rotatable bonds is 4. The average molecular weight is 516 g/mol. The summed E-state index contributed by atoms with van der Waals surface area (Å²) >= 11 is 0. The summed E-state index contributed by atoms with van der Waals surface area (Å²) in [7, 11) is 0. The van der Waals surface area contributed by atoms with Crippen LogP contribution >= 0.6 is 0 Å². The highest BCUT2D eigenvalue weighted by Crippen LogP contribution is 2.54. The van der Waals surface area contributed by atoms with Gasteiger partial charge in [0.25, 0.3) is 11.8 Å². The van der Waals surface area contributed by atoms with Gasteiger partial charge in [-0.3, -0.25) is 14.4 Å².